The van der Waals surface area contributed by atoms with Crippen LogP contribution in [0.25, 0.3) is 0 Å². The van der Waals surface area contributed by atoms with Crippen molar-refractivity contribution in [1.29, 1.82) is 0 Å². The van der Waals surface area contributed by atoms with Crippen molar-refractivity contribution in [2.45, 2.75) is 106 Å². The molecule has 1 saturated carbocycles. The Balaban J connectivity index is 1.94. The number of rotatable bonds is 11. The highest BCUT2D eigenvalue weighted by Gasteiger charge is 2.54. The van der Waals surface area contributed by atoms with Crippen LogP contribution >= 0.6 is 0 Å². The van der Waals surface area contributed by atoms with Crippen LogP contribution in [0.2, 0.25) is 0 Å². The fraction of sp³-hybridized carbons (Fsp3) is 0.846. The first-order valence-electron chi connectivity index (χ1n) is 14.3. The van der Waals surface area contributed by atoms with Crippen molar-refractivity contribution in [2.24, 2.45) is 28.9 Å². The number of aliphatic hydroxyl groups excluding tert-OH is 3. The zero-order chi connectivity index (χ0) is 31.4. The van der Waals surface area contributed by atoms with E-state index in [0.29, 0.717) is 12.2 Å². The van der Waals surface area contributed by atoms with Gasteiger partial charge in [-0.05, 0) is 52.8 Å². The molecule has 1 aliphatic carbocycles. The largest absolute Gasteiger partial charge is 0.491 e. The quantitative estimate of drug-likeness (QED) is 0.105. The first-order chi connectivity index (χ1) is 19.7. The van der Waals surface area contributed by atoms with E-state index in [1.807, 2.05) is 0 Å². The number of amides is 2. The molecule has 0 aromatic carbocycles. The monoisotopic (exact) mass is 603 g/mol. The fourth-order valence-corrected chi connectivity index (χ4v) is 5.97. The lowest BCUT2D eigenvalue weighted by molar-refractivity contribution is -0.297. The minimum atomic E-state index is -1.42. The van der Waals surface area contributed by atoms with Gasteiger partial charge in [0, 0.05) is 12.0 Å². The molecule has 16 nitrogen and oxygen atoms in total. The maximum absolute atomic E-state index is 12.8. The van der Waals surface area contributed by atoms with E-state index in [9.17, 15) is 30.0 Å². The Morgan fingerprint density at radius 1 is 1.19 bits per heavy atom. The van der Waals surface area contributed by atoms with Crippen molar-refractivity contribution in [3.05, 3.63) is 11.8 Å². The van der Waals surface area contributed by atoms with Crippen LogP contribution in [0.1, 0.15) is 33.1 Å². The first kappa shape index (κ1) is 34.5. The molecule has 15 N–H and O–H groups in total. The van der Waals surface area contributed by atoms with Gasteiger partial charge >= 0.3 is 0 Å². The number of hydrogen-bond donors (Lipinski definition) is 11. The molecule has 13 atom stereocenters. The maximum atomic E-state index is 12.8. The van der Waals surface area contributed by atoms with E-state index in [2.05, 4.69) is 16.0 Å². The van der Waals surface area contributed by atoms with E-state index in [4.69, 9.17) is 37.1 Å². The highest BCUT2D eigenvalue weighted by molar-refractivity contribution is 5.81. The van der Waals surface area contributed by atoms with Gasteiger partial charge in [0.15, 0.2) is 6.29 Å². The Morgan fingerprint density at radius 3 is 2.45 bits per heavy atom. The molecule has 242 valence electrons. The van der Waals surface area contributed by atoms with Crippen LogP contribution in [-0.2, 0) is 23.8 Å². The molecular weight excluding hydrogens is 554 g/mol. The summed E-state index contributed by atoms with van der Waals surface area (Å²) in [5.41, 5.74) is 22.3. The van der Waals surface area contributed by atoms with E-state index in [0.717, 1.165) is 0 Å². The predicted molar refractivity (Wildman–Crippen MR) is 150 cm³/mol. The Morgan fingerprint density at radius 2 is 1.86 bits per heavy atom. The van der Waals surface area contributed by atoms with Gasteiger partial charge in [0.05, 0.1) is 43.4 Å². The molecule has 0 aromatic heterocycles. The van der Waals surface area contributed by atoms with Crippen LogP contribution in [0.15, 0.2) is 11.8 Å². The summed E-state index contributed by atoms with van der Waals surface area (Å²) in [5, 5.41) is 52.1. The topological polar surface area (TPSA) is 283 Å². The second-order valence-electron chi connectivity index (χ2n) is 11.7. The van der Waals surface area contributed by atoms with Gasteiger partial charge in [-0.15, -0.1) is 0 Å². The SMILES string of the molecule is CN[C@@H]1[C@@H](O)[C@@H](O[C@H]2[C@H](NC(=O)[C@@H](O)CCN)C[C@H](N)C([C@H]3OC(CN)=CC[C@H]3NC(=O)C(C)N)[C@@H]2O)OC[C@]1(C)O. The molecule has 16 heteroatoms. The smallest absolute Gasteiger partial charge is 0.249 e. The molecule has 2 amide bonds. The highest BCUT2D eigenvalue weighted by Crippen LogP contribution is 2.37. The summed E-state index contributed by atoms with van der Waals surface area (Å²) in [6.07, 6.45) is -5.41. The van der Waals surface area contributed by atoms with Gasteiger partial charge in [0.1, 0.15) is 35.8 Å². The molecule has 2 unspecified atom stereocenters. The average molecular weight is 604 g/mol. The molecule has 0 bridgehead atoms. The van der Waals surface area contributed by atoms with Crippen molar-refractivity contribution >= 4 is 11.8 Å². The molecular formula is C26H49N7O9. The minimum absolute atomic E-state index is 0.00967. The van der Waals surface area contributed by atoms with E-state index < -0.39 is 90.4 Å². The number of carbonyl (C=O) groups is 2. The van der Waals surface area contributed by atoms with Crippen molar-refractivity contribution in [2.75, 3.05) is 26.7 Å². The molecule has 2 fully saturated rings. The summed E-state index contributed by atoms with van der Waals surface area (Å²) in [5.74, 6) is -1.56. The van der Waals surface area contributed by atoms with Crippen molar-refractivity contribution in [1.82, 2.24) is 16.0 Å². The van der Waals surface area contributed by atoms with E-state index in [1.54, 1.807) is 13.1 Å². The normalized spacial score (nSPS) is 40.3. The molecule has 0 aromatic rings. The lowest BCUT2D eigenvalue weighted by Crippen LogP contribution is -2.70. The number of hydrogen-bond acceptors (Lipinski definition) is 14. The summed E-state index contributed by atoms with van der Waals surface area (Å²) in [7, 11) is 1.57. The van der Waals surface area contributed by atoms with E-state index in [-0.39, 0.29) is 32.5 Å². The Kier molecular flexibility index (Phi) is 12.1. The van der Waals surface area contributed by atoms with Gasteiger partial charge in [-0.3, -0.25) is 9.59 Å². The Hall–Kier alpha value is -1.96. The van der Waals surface area contributed by atoms with Gasteiger partial charge in [0.25, 0.3) is 0 Å². The predicted octanol–water partition coefficient (Wildman–Crippen LogP) is -5.21. The Bertz CT molecular complexity index is 955. The van der Waals surface area contributed by atoms with Crippen molar-refractivity contribution in [3.8, 4) is 0 Å². The van der Waals surface area contributed by atoms with Gasteiger partial charge in [-0.1, -0.05) is 0 Å². The first-order valence-corrected chi connectivity index (χ1v) is 14.3. The summed E-state index contributed by atoms with van der Waals surface area (Å²) in [6, 6.07) is -3.97. The zero-order valence-electron chi connectivity index (χ0n) is 24.4. The number of carbonyl (C=O) groups excluding carboxylic acids is 2. The van der Waals surface area contributed by atoms with Gasteiger partial charge in [0.2, 0.25) is 11.8 Å². The molecule has 1 saturated heterocycles. The second kappa shape index (κ2) is 14.7. The van der Waals surface area contributed by atoms with Crippen molar-refractivity contribution < 1.29 is 44.2 Å². The van der Waals surface area contributed by atoms with E-state index in [1.165, 1.54) is 13.8 Å². The zero-order valence-corrected chi connectivity index (χ0v) is 24.4. The third-order valence-electron chi connectivity index (χ3n) is 8.26. The summed E-state index contributed by atoms with van der Waals surface area (Å²) < 4.78 is 18.0. The lowest BCUT2D eigenvalue weighted by atomic mass is 9.72. The summed E-state index contributed by atoms with van der Waals surface area (Å²) in [6.45, 7) is 2.99. The van der Waals surface area contributed by atoms with Gasteiger partial charge in [-0.2, -0.15) is 0 Å². The molecule has 2 heterocycles. The van der Waals surface area contributed by atoms with Crippen LogP contribution in [0, 0.1) is 5.92 Å². The second-order valence-corrected chi connectivity index (χ2v) is 11.7. The molecule has 0 radical (unpaired) electrons. The maximum Gasteiger partial charge on any atom is 0.249 e. The standard InChI is InChI=1S/C26H49N7O9/c1-11(29)23(37)32-14-5-4-12(9-28)41-20(14)17-13(30)8-15(33-24(38)16(34)6-7-27)21(18(17)35)42-25-19(36)22(31-3)26(2,39)10-40-25/h4,11,13-22,25,31,34-36,39H,5-10,27-30H2,1-3H3,(H,32,37)(H,33,38)/t11?,13-,14+,15+,16-,17?,18-,19+,20-,21-,22+,25+,26-/m0/s1. The number of aliphatic hydroxyl groups is 4. The summed E-state index contributed by atoms with van der Waals surface area (Å²) >= 11 is 0. The van der Waals surface area contributed by atoms with E-state index >= 15 is 0 Å². The molecule has 3 aliphatic rings. The van der Waals surface area contributed by atoms with Gasteiger partial charge in [-0.25, -0.2) is 0 Å². The van der Waals surface area contributed by atoms with Crippen LogP contribution in [0.5, 0.6) is 0 Å². The molecule has 42 heavy (non-hydrogen) atoms. The third kappa shape index (κ3) is 7.75. The lowest BCUT2D eigenvalue weighted by Gasteiger charge is -2.51. The minimum Gasteiger partial charge on any atom is -0.491 e. The van der Waals surface area contributed by atoms with Gasteiger partial charge < -0.3 is 73.5 Å². The third-order valence-corrected chi connectivity index (χ3v) is 8.26. The Labute approximate surface area is 245 Å². The number of ether oxygens (including phenoxy) is 3. The number of nitrogens with one attached hydrogen (secondary N) is 3. The highest BCUT2D eigenvalue weighted by atomic mass is 16.7. The average Bonchev–Trinajstić information content (AvgIpc) is 2.92. The molecule has 0 spiro atoms. The van der Waals surface area contributed by atoms with Crippen LogP contribution < -0.4 is 38.9 Å². The molecule has 3 rings (SSSR count). The number of likely N-dealkylation sites (N-methyl/N-ethyl adjacent to an activating group) is 1. The fourth-order valence-electron chi connectivity index (χ4n) is 5.97. The van der Waals surface area contributed by atoms with Crippen LogP contribution in [0.4, 0.5) is 0 Å². The molecule has 2 aliphatic heterocycles. The number of nitrogens with two attached hydrogens (primary N) is 4. The van der Waals surface area contributed by atoms with Crippen molar-refractivity contribution in [3.63, 3.8) is 0 Å². The van der Waals surface area contributed by atoms with Crippen LogP contribution in [0.3, 0.4) is 0 Å². The summed E-state index contributed by atoms with van der Waals surface area (Å²) in [4.78, 5) is 25.3. The van der Waals surface area contributed by atoms with Crippen LogP contribution in [-0.4, -0.2) is 132 Å².